The quantitative estimate of drug-likeness (QED) is 0.431. The number of amides is 1. The number of furan rings is 1. The van der Waals surface area contributed by atoms with Gasteiger partial charge in [-0.25, -0.2) is 0 Å². The number of benzene rings is 2. The topological polar surface area (TPSA) is 65.6 Å². The van der Waals surface area contributed by atoms with E-state index in [9.17, 15) is 4.79 Å². The second-order valence-electron chi connectivity index (χ2n) is 7.11. The first-order valence-corrected chi connectivity index (χ1v) is 10.0. The van der Waals surface area contributed by atoms with Crippen LogP contribution in [-0.4, -0.2) is 17.6 Å². The van der Waals surface area contributed by atoms with E-state index in [1.165, 1.54) is 0 Å². The number of ether oxygens (including phenoxy) is 2. The smallest absolute Gasteiger partial charge is 0.287 e. The van der Waals surface area contributed by atoms with Gasteiger partial charge in [-0.15, -0.1) is 0 Å². The Morgan fingerprint density at radius 1 is 1.00 bits per heavy atom. The predicted octanol–water partition coefficient (Wildman–Crippen LogP) is 5.15. The minimum absolute atomic E-state index is 0.159. The monoisotopic (exact) mass is 416 g/mol. The summed E-state index contributed by atoms with van der Waals surface area (Å²) in [7, 11) is 1.61. The molecule has 0 radical (unpaired) electrons. The van der Waals surface area contributed by atoms with Crippen LogP contribution in [0.5, 0.6) is 11.5 Å². The minimum Gasteiger partial charge on any atom is -0.497 e. The van der Waals surface area contributed by atoms with E-state index in [0.717, 1.165) is 11.3 Å². The normalized spacial score (nSPS) is 11.7. The first kappa shape index (κ1) is 20.3. The maximum absolute atomic E-state index is 12.6. The largest absolute Gasteiger partial charge is 0.497 e. The highest BCUT2D eigenvalue weighted by Crippen LogP contribution is 2.21. The number of nitrogens with one attached hydrogen (secondary N) is 1. The Kier molecular flexibility index (Phi) is 6.08. The van der Waals surface area contributed by atoms with Crippen LogP contribution in [0, 0.1) is 0 Å². The lowest BCUT2D eigenvalue weighted by Gasteiger charge is -2.14. The Morgan fingerprint density at radius 2 is 1.74 bits per heavy atom. The van der Waals surface area contributed by atoms with Crippen LogP contribution in [0.3, 0.4) is 0 Å². The molecule has 1 amide bonds. The van der Waals surface area contributed by atoms with Gasteiger partial charge in [0.1, 0.15) is 23.9 Å². The van der Waals surface area contributed by atoms with Crippen LogP contribution in [0.2, 0.25) is 0 Å². The summed E-state index contributed by atoms with van der Waals surface area (Å²) in [5, 5.41) is 2.97. The molecule has 1 unspecified atom stereocenters. The van der Waals surface area contributed by atoms with Gasteiger partial charge in [-0.05, 0) is 61.0 Å². The highest BCUT2D eigenvalue weighted by Gasteiger charge is 2.15. The Balaban J connectivity index is 1.34. The van der Waals surface area contributed by atoms with E-state index in [1.807, 2.05) is 78.5 Å². The molecule has 31 heavy (non-hydrogen) atoms. The second-order valence-corrected chi connectivity index (χ2v) is 7.11. The molecule has 0 aliphatic rings. The molecule has 158 valence electrons. The highest BCUT2D eigenvalue weighted by molar-refractivity contribution is 5.91. The van der Waals surface area contributed by atoms with E-state index in [0.29, 0.717) is 17.3 Å². The molecular formula is C25H24N2O4. The first-order chi connectivity index (χ1) is 15.1. The van der Waals surface area contributed by atoms with Crippen LogP contribution in [0.25, 0.3) is 5.69 Å². The molecule has 0 spiro atoms. The van der Waals surface area contributed by atoms with Gasteiger partial charge in [-0.3, -0.25) is 4.79 Å². The Labute approximate surface area is 181 Å². The van der Waals surface area contributed by atoms with Crippen molar-refractivity contribution in [3.63, 3.8) is 0 Å². The third-order valence-corrected chi connectivity index (χ3v) is 4.95. The lowest BCUT2D eigenvalue weighted by Crippen LogP contribution is -2.26. The van der Waals surface area contributed by atoms with E-state index in [2.05, 4.69) is 5.32 Å². The van der Waals surface area contributed by atoms with Gasteiger partial charge in [0.2, 0.25) is 0 Å². The molecule has 4 rings (SSSR count). The molecule has 1 N–H and O–H groups in total. The van der Waals surface area contributed by atoms with Gasteiger partial charge in [0, 0.05) is 24.1 Å². The average molecular weight is 416 g/mol. The molecule has 2 aromatic heterocycles. The van der Waals surface area contributed by atoms with Crippen LogP contribution in [0.15, 0.2) is 89.6 Å². The minimum atomic E-state index is -0.269. The zero-order valence-electron chi connectivity index (χ0n) is 17.4. The van der Waals surface area contributed by atoms with E-state index in [4.69, 9.17) is 13.9 Å². The molecule has 6 nitrogen and oxygen atoms in total. The summed E-state index contributed by atoms with van der Waals surface area (Å²) in [5.74, 6) is 1.93. The summed E-state index contributed by atoms with van der Waals surface area (Å²) in [6, 6.07) is 22.6. The molecule has 1 atom stereocenters. The SMILES string of the molecule is COc1cccc(OCc2ccc(C(=O)NC(C)c3ccc(-n4cccc4)cc3)o2)c1. The highest BCUT2D eigenvalue weighted by atomic mass is 16.5. The van der Waals surface area contributed by atoms with E-state index >= 15 is 0 Å². The summed E-state index contributed by atoms with van der Waals surface area (Å²) in [5.41, 5.74) is 2.08. The van der Waals surface area contributed by atoms with Crippen molar-refractivity contribution in [1.82, 2.24) is 9.88 Å². The Hall–Kier alpha value is -3.93. The number of hydrogen-bond acceptors (Lipinski definition) is 4. The fourth-order valence-corrected chi connectivity index (χ4v) is 3.22. The van der Waals surface area contributed by atoms with E-state index < -0.39 is 0 Å². The van der Waals surface area contributed by atoms with Gasteiger partial charge >= 0.3 is 0 Å². The van der Waals surface area contributed by atoms with Crippen molar-refractivity contribution in [2.24, 2.45) is 0 Å². The maximum Gasteiger partial charge on any atom is 0.287 e. The standard InChI is InChI=1S/C25H24N2O4/c1-18(19-8-10-20(11-9-19)27-14-3-4-15-27)26-25(28)24-13-12-23(31-24)17-30-22-7-5-6-21(16-22)29-2/h3-16,18H,17H2,1-2H3,(H,26,28). The number of carbonyl (C=O) groups excluding carboxylic acids is 1. The Morgan fingerprint density at radius 3 is 2.48 bits per heavy atom. The van der Waals surface area contributed by atoms with Crippen molar-refractivity contribution in [3.05, 3.63) is 102 Å². The summed E-state index contributed by atoms with van der Waals surface area (Å²) in [6.07, 6.45) is 3.99. The molecule has 0 bridgehead atoms. The molecule has 6 heteroatoms. The van der Waals surface area contributed by atoms with Crippen molar-refractivity contribution in [1.29, 1.82) is 0 Å². The van der Waals surface area contributed by atoms with Crippen molar-refractivity contribution < 1.29 is 18.7 Å². The fraction of sp³-hybridized carbons (Fsp3) is 0.160. The number of rotatable bonds is 8. The molecule has 0 fully saturated rings. The average Bonchev–Trinajstić information content (AvgIpc) is 3.50. The number of hydrogen-bond donors (Lipinski definition) is 1. The van der Waals surface area contributed by atoms with Crippen molar-refractivity contribution in [3.8, 4) is 17.2 Å². The van der Waals surface area contributed by atoms with Crippen LogP contribution < -0.4 is 14.8 Å². The van der Waals surface area contributed by atoms with Gasteiger partial charge in [0.25, 0.3) is 5.91 Å². The molecule has 2 aromatic carbocycles. The number of methoxy groups -OCH3 is 1. The molecule has 0 aliphatic carbocycles. The lowest BCUT2D eigenvalue weighted by molar-refractivity contribution is 0.0907. The molecule has 0 aliphatic heterocycles. The van der Waals surface area contributed by atoms with Crippen LogP contribution in [0.4, 0.5) is 0 Å². The van der Waals surface area contributed by atoms with Gasteiger partial charge < -0.3 is 23.8 Å². The van der Waals surface area contributed by atoms with Crippen molar-refractivity contribution in [2.45, 2.75) is 19.6 Å². The summed E-state index contributed by atoms with van der Waals surface area (Å²) >= 11 is 0. The zero-order valence-corrected chi connectivity index (χ0v) is 17.4. The zero-order chi connectivity index (χ0) is 21.6. The fourth-order valence-electron chi connectivity index (χ4n) is 3.22. The lowest BCUT2D eigenvalue weighted by atomic mass is 10.1. The third-order valence-electron chi connectivity index (χ3n) is 4.95. The van der Waals surface area contributed by atoms with Gasteiger partial charge in [0.15, 0.2) is 5.76 Å². The van der Waals surface area contributed by atoms with Crippen LogP contribution >= 0.6 is 0 Å². The number of aromatic nitrogens is 1. The summed E-state index contributed by atoms with van der Waals surface area (Å²) < 4.78 is 18.6. The summed E-state index contributed by atoms with van der Waals surface area (Å²) in [4.78, 5) is 12.6. The van der Waals surface area contributed by atoms with Crippen molar-refractivity contribution >= 4 is 5.91 Å². The molecule has 4 aromatic rings. The molecular weight excluding hydrogens is 392 g/mol. The van der Waals surface area contributed by atoms with Gasteiger partial charge in [0.05, 0.1) is 13.2 Å². The van der Waals surface area contributed by atoms with Gasteiger partial charge in [-0.1, -0.05) is 18.2 Å². The third kappa shape index (κ3) is 4.98. The summed E-state index contributed by atoms with van der Waals surface area (Å²) in [6.45, 7) is 2.16. The van der Waals surface area contributed by atoms with Gasteiger partial charge in [-0.2, -0.15) is 0 Å². The Bertz CT molecular complexity index is 1130. The molecule has 0 saturated carbocycles. The van der Waals surface area contributed by atoms with Crippen LogP contribution in [-0.2, 0) is 6.61 Å². The predicted molar refractivity (Wildman–Crippen MR) is 118 cm³/mol. The first-order valence-electron chi connectivity index (χ1n) is 10.0. The molecule has 2 heterocycles. The second kappa shape index (κ2) is 9.26. The van der Waals surface area contributed by atoms with Crippen LogP contribution in [0.1, 0.15) is 34.8 Å². The van der Waals surface area contributed by atoms with Crippen molar-refractivity contribution in [2.75, 3.05) is 7.11 Å². The van der Waals surface area contributed by atoms with E-state index in [-0.39, 0.29) is 24.3 Å². The number of nitrogens with zero attached hydrogens (tertiary/aromatic N) is 1. The molecule has 0 saturated heterocycles. The number of carbonyl (C=O) groups is 1. The van der Waals surface area contributed by atoms with E-state index in [1.54, 1.807) is 25.3 Å². The maximum atomic E-state index is 12.6.